The molecule has 3 aromatic rings. The van der Waals surface area contributed by atoms with Gasteiger partial charge >= 0.3 is 0 Å². The predicted octanol–water partition coefficient (Wildman–Crippen LogP) is 3.16. The number of nitriles is 1. The second-order valence-corrected chi connectivity index (χ2v) is 5.93. The number of rotatable bonds is 4. The largest absolute Gasteiger partial charge is 0.243 e. The van der Waals surface area contributed by atoms with Crippen molar-refractivity contribution in [3.8, 4) is 6.07 Å². The molecule has 0 N–H and O–H groups in total. The number of aryl methyl sites for hydroxylation is 1. The van der Waals surface area contributed by atoms with Crippen molar-refractivity contribution >= 4 is 11.3 Å². The molecule has 104 valence electrons. The van der Waals surface area contributed by atoms with Gasteiger partial charge in [0.05, 0.1) is 12.2 Å². The molecule has 0 atom stereocenters. The van der Waals surface area contributed by atoms with Crippen molar-refractivity contribution in [1.82, 2.24) is 15.0 Å². The molecule has 0 saturated heterocycles. The van der Waals surface area contributed by atoms with Gasteiger partial charge in [-0.2, -0.15) is 5.26 Å². The second-order valence-electron chi connectivity index (χ2n) is 4.90. The van der Waals surface area contributed by atoms with E-state index in [1.54, 1.807) is 11.3 Å². The van der Waals surface area contributed by atoms with Crippen molar-refractivity contribution in [2.45, 2.75) is 19.9 Å². The Morgan fingerprint density at radius 1 is 1.24 bits per heavy atom. The first-order chi connectivity index (χ1) is 10.3. The fraction of sp³-hybridized carbons (Fsp3) is 0.188. The first-order valence-electron chi connectivity index (χ1n) is 6.66. The van der Waals surface area contributed by atoms with E-state index in [0.717, 1.165) is 11.3 Å². The second kappa shape index (κ2) is 5.90. The number of aromatic nitrogens is 3. The monoisotopic (exact) mass is 294 g/mol. The quantitative estimate of drug-likeness (QED) is 0.742. The molecule has 5 heteroatoms. The highest BCUT2D eigenvalue weighted by molar-refractivity contribution is 7.09. The molecule has 4 nitrogen and oxygen atoms in total. The number of nitrogens with zero attached hydrogens (tertiary/aromatic N) is 4. The van der Waals surface area contributed by atoms with E-state index < -0.39 is 0 Å². The Morgan fingerprint density at radius 3 is 2.71 bits per heavy atom. The molecule has 21 heavy (non-hydrogen) atoms. The lowest BCUT2D eigenvalue weighted by molar-refractivity contribution is 0.626. The SMILES string of the molecule is Cc1ccc(Cn2nnc(C#N)c2Cc2cccs2)cc1. The van der Waals surface area contributed by atoms with Gasteiger partial charge in [0.25, 0.3) is 0 Å². The van der Waals surface area contributed by atoms with E-state index >= 15 is 0 Å². The molecule has 0 amide bonds. The summed E-state index contributed by atoms with van der Waals surface area (Å²) in [5, 5.41) is 19.4. The predicted molar refractivity (Wildman–Crippen MR) is 82.1 cm³/mol. The Hall–Kier alpha value is -2.45. The molecule has 0 radical (unpaired) electrons. The summed E-state index contributed by atoms with van der Waals surface area (Å²) in [5.41, 5.74) is 3.67. The summed E-state index contributed by atoms with van der Waals surface area (Å²) in [6, 6.07) is 14.5. The minimum Gasteiger partial charge on any atom is -0.243 e. The molecule has 0 aliphatic rings. The van der Waals surface area contributed by atoms with E-state index in [2.05, 4.69) is 53.6 Å². The number of benzene rings is 1. The topological polar surface area (TPSA) is 54.5 Å². The van der Waals surface area contributed by atoms with Gasteiger partial charge in [0.1, 0.15) is 6.07 Å². The van der Waals surface area contributed by atoms with E-state index in [4.69, 9.17) is 0 Å². The van der Waals surface area contributed by atoms with Crippen LogP contribution in [0, 0.1) is 18.3 Å². The normalized spacial score (nSPS) is 10.5. The van der Waals surface area contributed by atoms with Gasteiger partial charge < -0.3 is 0 Å². The smallest absolute Gasteiger partial charge is 0.186 e. The summed E-state index contributed by atoms with van der Waals surface area (Å²) in [5.74, 6) is 0. The Bertz CT molecular complexity index is 764. The van der Waals surface area contributed by atoms with E-state index in [1.807, 2.05) is 16.1 Å². The molecule has 0 aliphatic heterocycles. The van der Waals surface area contributed by atoms with Crippen LogP contribution in [0.5, 0.6) is 0 Å². The molecular weight excluding hydrogens is 280 g/mol. The highest BCUT2D eigenvalue weighted by atomic mass is 32.1. The van der Waals surface area contributed by atoms with Crippen LogP contribution < -0.4 is 0 Å². The van der Waals surface area contributed by atoms with Crippen LogP contribution in [0.15, 0.2) is 41.8 Å². The van der Waals surface area contributed by atoms with Crippen LogP contribution in [-0.4, -0.2) is 15.0 Å². The number of hydrogen-bond acceptors (Lipinski definition) is 4. The fourth-order valence-electron chi connectivity index (χ4n) is 2.17. The van der Waals surface area contributed by atoms with Crippen molar-refractivity contribution in [3.63, 3.8) is 0 Å². The Balaban J connectivity index is 1.90. The third-order valence-corrected chi connectivity index (χ3v) is 4.19. The zero-order valence-corrected chi connectivity index (χ0v) is 12.5. The van der Waals surface area contributed by atoms with E-state index in [9.17, 15) is 5.26 Å². The van der Waals surface area contributed by atoms with Gasteiger partial charge in [-0.25, -0.2) is 4.68 Å². The lowest BCUT2D eigenvalue weighted by Crippen LogP contribution is -2.07. The Kier molecular flexibility index (Phi) is 3.80. The third kappa shape index (κ3) is 3.01. The average Bonchev–Trinajstić information content (AvgIpc) is 3.13. The number of thiophene rings is 1. The summed E-state index contributed by atoms with van der Waals surface area (Å²) in [6.07, 6.45) is 0.694. The summed E-state index contributed by atoms with van der Waals surface area (Å²) in [6.45, 7) is 2.70. The van der Waals surface area contributed by atoms with Gasteiger partial charge in [-0.1, -0.05) is 41.1 Å². The molecule has 0 aliphatic carbocycles. The van der Waals surface area contributed by atoms with Crippen LogP contribution in [0.3, 0.4) is 0 Å². The van der Waals surface area contributed by atoms with Crippen LogP contribution >= 0.6 is 11.3 Å². The lowest BCUT2D eigenvalue weighted by atomic mass is 10.1. The molecule has 0 spiro atoms. The molecule has 0 bridgehead atoms. The van der Waals surface area contributed by atoms with Gasteiger partial charge in [-0.15, -0.1) is 16.4 Å². The van der Waals surface area contributed by atoms with E-state index in [0.29, 0.717) is 18.7 Å². The molecule has 3 rings (SSSR count). The first kappa shape index (κ1) is 13.5. The summed E-state index contributed by atoms with van der Waals surface area (Å²) in [7, 11) is 0. The summed E-state index contributed by atoms with van der Waals surface area (Å²) in [4.78, 5) is 1.21. The van der Waals surface area contributed by atoms with E-state index in [-0.39, 0.29) is 0 Å². The third-order valence-electron chi connectivity index (χ3n) is 3.32. The van der Waals surface area contributed by atoms with Gasteiger partial charge in [0.2, 0.25) is 0 Å². The first-order valence-corrected chi connectivity index (χ1v) is 7.54. The van der Waals surface area contributed by atoms with Gasteiger partial charge in [-0.3, -0.25) is 0 Å². The highest BCUT2D eigenvalue weighted by Gasteiger charge is 2.14. The van der Waals surface area contributed by atoms with Crippen LogP contribution in [-0.2, 0) is 13.0 Å². The maximum absolute atomic E-state index is 9.20. The molecule has 0 unspecified atom stereocenters. The Morgan fingerprint density at radius 2 is 2.05 bits per heavy atom. The van der Waals surface area contributed by atoms with Crippen LogP contribution in [0.2, 0.25) is 0 Å². The maximum atomic E-state index is 9.20. The van der Waals surface area contributed by atoms with Gasteiger partial charge in [0.15, 0.2) is 5.69 Å². The van der Waals surface area contributed by atoms with Crippen molar-refractivity contribution in [3.05, 3.63) is 69.2 Å². The van der Waals surface area contributed by atoms with Crippen molar-refractivity contribution < 1.29 is 0 Å². The van der Waals surface area contributed by atoms with Gasteiger partial charge in [-0.05, 0) is 23.9 Å². The molecule has 0 saturated carbocycles. The van der Waals surface area contributed by atoms with E-state index in [1.165, 1.54) is 10.4 Å². The molecule has 2 aromatic heterocycles. The van der Waals surface area contributed by atoms with Crippen molar-refractivity contribution in [2.24, 2.45) is 0 Å². The molecule has 2 heterocycles. The fourth-order valence-corrected chi connectivity index (χ4v) is 2.88. The minimum atomic E-state index is 0.413. The summed E-state index contributed by atoms with van der Waals surface area (Å²) < 4.78 is 1.82. The minimum absolute atomic E-state index is 0.413. The van der Waals surface area contributed by atoms with Crippen LogP contribution in [0.1, 0.15) is 27.4 Å². The molecule has 1 aromatic carbocycles. The highest BCUT2D eigenvalue weighted by Crippen LogP contribution is 2.17. The lowest BCUT2D eigenvalue weighted by Gasteiger charge is -2.06. The number of hydrogen-bond donors (Lipinski definition) is 0. The standard InChI is InChI=1S/C16H14N4S/c1-12-4-6-13(7-5-12)11-20-16(15(10-17)18-19-20)9-14-3-2-8-21-14/h2-8H,9,11H2,1H3. The molecular formula is C16H14N4S. The van der Waals surface area contributed by atoms with Crippen LogP contribution in [0.4, 0.5) is 0 Å². The Labute approximate surface area is 127 Å². The average molecular weight is 294 g/mol. The van der Waals surface area contributed by atoms with Crippen molar-refractivity contribution in [1.29, 1.82) is 5.26 Å². The summed E-state index contributed by atoms with van der Waals surface area (Å²) >= 11 is 1.68. The maximum Gasteiger partial charge on any atom is 0.186 e. The van der Waals surface area contributed by atoms with Gasteiger partial charge in [0, 0.05) is 11.3 Å². The zero-order chi connectivity index (χ0) is 14.7. The zero-order valence-electron chi connectivity index (χ0n) is 11.7. The van der Waals surface area contributed by atoms with Crippen LogP contribution in [0.25, 0.3) is 0 Å². The molecule has 0 fully saturated rings. The van der Waals surface area contributed by atoms with Crippen molar-refractivity contribution in [2.75, 3.05) is 0 Å².